The highest BCUT2D eigenvalue weighted by atomic mass is 35.5. The van der Waals surface area contributed by atoms with E-state index in [0.717, 1.165) is 12.8 Å². The lowest BCUT2D eigenvalue weighted by Crippen LogP contribution is -2.28. The van der Waals surface area contributed by atoms with Crippen LogP contribution in [0.25, 0.3) is 0 Å². The molecule has 3 amide bonds. The fraction of sp³-hybridized carbons (Fsp3) is 0.211. The van der Waals surface area contributed by atoms with Crippen LogP contribution >= 0.6 is 11.6 Å². The van der Waals surface area contributed by atoms with Gasteiger partial charge >= 0.3 is 0 Å². The molecule has 1 aliphatic carbocycles. The average Bonchev–Trinajstić information content (AvgIpc) is 3.44. The summed E-state index contributed by atoms with van der Waals surface area (Å²) in [6.07, 6.45) is 1.97. The second-order valence-electron chi connectivity index (χ2n) is 6.25. The van der Waals surface area contributed by atoms with E-state index in [4.69, 9.17) is 17.3 Å². The van der Waals surface area contributed by atoms with E-state index in [2.05, 4.69) is 16.0 Å². The first-order valence-electron chi connectivity index (χ1n) is 8.47. The van der Waals surface area contributed by atoms with Crippen molar-refractivity contribution in [2.45, 2.75) is 18.9 Å². The summed E-state index contributed by atoms with van der Waals surface area (Å²) in [6, 6.07) is 11.7. The minimum absolute atomic E-state index is 0.0369. The summed E-state index contributed by atoms with van der Waals surface area (Å²) < 4.78 is 0. The highest BCUT2D eigenvalue weighted by Gasteiger charge is 2.25. The van der Waals surface area contributed by atoms with Gasteiger partial charge in [-0.3, -0.25) is 14.4 Å². The van der Waals surface area contributed by atoms with Crippen molar-refractivity contribution in [1.82, 2.24) is 5.32 Å². The van der Waals surface area contributed by atoms with Crippen molar-refractivity contribution in [3.05, 3.63) is 58.6 Å². The lowest BCUT2D eigenvalue weighted by Gasteiger charge is -2.12. The smallest absolute Gasteiger partial charge is 0.253 e. The molecule has 0 bridgehead atoms. The zero-order valence-corrected chi connectivity index (χ0v) is 15.2. The van der Waals surface area contributed by atoms with E-state index in [1.54, 1.807) is 30.3 Å². The number of carbonyl (C=O) groups excluding carboxylic acids is 3. The van der Waals surface area contributed by atoms with Crippen LogP contribution in [0.2, 0.25) is 5.02 Å². The topological polar surface area (TPSA) is 113 Å². The highest BCUT2D eigenvalue weighted by Crippen LogP contribution is 2.22. The number of para-hydroxylation sites is 1. The Morgan fingerprint density at radius 2 is 1.81 bits per heavy atom. The van der Waals surface area contributed by atoms with Gasteiger partial charge in [0.05, 0.1) is 28.4 Å². The Morgan fingerprint density at radius 3 is 2.48 bits per heavy atom. The zero-order valence-electron chi connectivity index (χ0n) is 14.4. The first-order chi connectivity index (χ1) is 12.9. The van der Waals surface area contributed by atoms with Crippen LogP contribution in [0, 0.1) is 0 Å². The Bertz CT molecular complexity index is 896. The Morgan fingerprint density at radius 1 is 1.07 bits per heavy atom. The molecular weight excluding hydrogens is 368 g/mol. The number of nitrogens with one attached hydrogen (secondary N) is 3. The Labute approximate surface area is 161 Å². The van der Waals surface area contributed by atoms with Gasteiger partial charge in [-0.1, -0.05) is 23.7 Å². The number of carbonyl (C=O) groups is 3. The molecule has 0 heterocycles. The van der Waals surface area contributed by atoms with Crippen LogP contribution in [0.1, 0.15) is 33.6 Å². The number of hydrogen-bond acceptors (Lipinski definition) is 4. The van der Waals surface area contributed by atoms with E-state index in [1.165, 1.54) is 12.1 Å². The van der Waals surface area contributed by atoms with E-state index in [0.29, 0.717) is 16.9 Å². The molecule has 0 atom stereocenters. The Kier molecular flexibility index (Phi) is 5.61. The molecule has 1 fully saturated rings. The van der Waals surface area contributed by atoms with Gasteiger partial charge in [-0.2, -0.15) is 0 Å². The normalized spacial score (nSPS) is 12.9. The van der Waals surface area contributed by atoms with E-state index in [1.807, 2.05) is 0 Å². The van der Waals surface area contributed by atoms with Crippen molar-refractivity contribution >= 4 is 40.7 Å². The van der Waals surface area contributed by atoms with Crippen molar-refractivity contribution in [2.75, 3.05) is 17.2 Å². The molecule has 8 heteroatoms. The number of primary amides is 1. The number of anilines is 2. The fourth-order valence-corrected chi connectivity index (χ4v) is 2.76. The number of hydrogen-bond donors (Lipinski definition) is 4. The molecule has 2 aromatic carbocycles. The molecule has 2 aromatic rings. The standard InChI is InChI=1S/C19H19ClN4O3/c20-15-9-12(7-8-13(15)18(21)26)22-10-17(25)24-16-4-2-1-3-14(16)19(27)23-11-5-6-11/h1-4,7-9,11,22H,5-6,10H2,(H2,21,26)(H,23,27)(H,24,25). The molecule has 27 heavy (non-hydrogen) atoms. The number of benzene rings is 2. The average molecular weight is 387 g/mol. The molecular formula is C19H19ClN4O3. The van der Waals surface area contributed by atoms with Gasteiger partial charge in [0.15, 0.2) is 0 Å². The summed E-state index contributed by atoms with van der Waals surface area (Å²) in [5, 5.41) is 8.75. The molecule has 1 aliphatic rings. The molecule has 5 N–H and O–H groups in total. The lowest BCUT2D eigenvalue weighted by atomic mass is 10.1. The molecule has 0 radical (unpaired) electrons. The molecule has 1 saturated carbocycles. The van der Waals surface area contributed by atoms with Crippen molar-refractivity contribution < 1.29 is 14.4 Å². The Balaban J connectivity index is 1.60. The van der Waals surface area contributed by atoms with Crippen molar-refractivity contribution in [3.8, 4) is 0 Å². The summed E-state index contributed by atoms with van der Waals surface area (Å²) in [5.74, 6) is -1.14. The van der Waals surface area contributed by atoms with E-state index in [-0.39, 0.29) is 35.0 Å². The third-order valence-electron chi connectivity index (χ3n) is 4.05. The second kappa shape index (κ2) is 8.09. The van der Waals surface area contributed by atoms with Crippen LogP contribution in [0.4, 0.5) is 11.4 Å². The van der Waals surface area contributed by atoms with Crippen LogP contribution in [0.5, 0.6) is 0 Å². The SMILES string of the molecule is NC(=O)c1ccc(NCC(=O)Nc2ccccc2C(=O)NC2CC2)cc1Cl. The van der Waals surface area contributed by atoms with Gasteiger partial charge in [-0.25, -0.2) is 0 Å². The molecule has 0 aromatic heterocycles. The van der Waals surface area contributed by atoms with Crippen molar-refractivity contribution in [1.29, 1.82) is 0 Å². The summed E-state index contributed by atoms with van der Waals surface area (Å²) in [7, 11) is 0. The van der Waals surface area contributed by atoms with E-state index in [9.17, 15) is 14.4 Å². The van der Waals surface area contributed by atoms with E-state index >= 15 is 0 Å². The number of nitrogens with two attached hydrogens (primary N) is 1. The molecule has 0 aliphatic heterocycles. The van der Waals surface area contributed by atoms with Crippen LogP contribution < -0.4 is 21.7 Å². The van der Waals surface area contributed by atoms with Gasteiger partial charge in [-0.05, 0) is 43.2 Å². The van der Waals surface area contributed by atoms with Gasteiger partial charge in [0.25, 0.3) is 5.91 Å². The maximum Gasteiger partial charge on any atom is 0.253 e. The third-order valence-corrected chi connectivity index (χ3v) is 4.36. The minimum Gasteiger partial charge on any atom is -0.376 e. The monoisotopic (exact) mass is 386 g/mol. The molecule has 7 nitrogen and oxygen atoms in total. The van der Waals surface area contributed by atoms with Crippen molar-refractivity contribution in [3.63, 3.8) is 0 Å². The number of rotatable bonds is 7. The zero-order chi connectivity index (χ0) is 19.4. The summed E-state index contributed by atoms with van der Waals surface area (Å²) in [6.45, 7) is -0.0369. The first kappa shape index (κ1) is 18.7. The molecule has 0 saturated heterocycles. The lowest BCUT2D eigenvalue weighted by molar-refractivity contribution is -0.114. The maximum atomic E-state index is 12.3. The van der Waals surface area contributed by atoms with Gasteiger partial charge in [-0.15, -0.1) is 0 Å². The third kappa shape index (κ3) is 4.98. The Hall–Kier alpha value is -3.06. The number of amides is 3. The van der Waals surface area contributed by atoms with Crippen molar-refractivity contribution in [2.24, 2.45) is 5.73 Å². The number of halogens is 1. The summed E-state index contributed by atoms with van der Waals surface area (Å²) in [5.41, 5.74) is 6.86. The predicted molar refractivity (Wildman–Crippen MR) is 104 cm³/mol. The second-order valence-corrected chi connectivity index (χ2v) is 6.66. The molecule has 3 rings (SSSR count). The largest absolute Gasteiger partial charge is 0.376 e. The van der Waals surface area contributed by atoms with Crippen LogP contribution in [-0.2, 0) is 4.79 Å². The van der Waals surface area contributed by atoms with E-state index < -0.39 is 5.91 Å². The molecule has 0 unspecified atom stereocenters. The van der Waals surface area contributed by atoms with Crippen LogP contribution in [0.3, 0.4) is 0 Å². The van der Waals surface area contributed by atoms with Gasteiger partial charge < -0.3 is 21.7 Å². The summed E-state index contributed by atoms with van der Waals surface area (Å²) >= 11 is 5.99. The molecule has 140 valence electrons. The van der Waals surface area contributed by atoms with Crippen LogP contribution in [-0.4, -0.2) is 30.3 Å². The highest BCUT2D eigenvalue weighted by molar-refractivity contribution is 6.34. The summed E-state index contributed by atoms with van der Waals surface area (Å²) in [4.78, 5) is 35.7. The fourth-order valence-electron chi connectivity index (χ4n) is 2.48. The quantitative estimate of drug-likeness (QED) is 0.585. The first-order valence-corrected chi connectivity index (χ1v) is 8.85. The van der Waals surface area contributed by atoms with Gasteiger partial charge in [0.2, 0.25) is 11.8 Å². The predicted octanol–water partition coefficient (Wildman–Crippen LogP) is 2.38. The maximum absolute atomic E-state index is 12.3. The minimum atomic E-state index is -0.620. The van der Waals surface area contributed by atoms with Gasteiger partial charge in [0.1, 0.15) is 0 Å². The van der Waals surface area contributed by atoms with Gasteiger partial charge in [0, 0.05) is 11.7 Å². The van der Waals surface area contributed by atoms with Crippen LogP contribution in [0.15, 0.2) is 42.5 Å². The molecule has 0 spiro atoms.